The zero-order chi connectivity index (χ0) is 14.0. The van der Waals surface area contributed by atoms with E-state index in [2.05, 4.69) is 4.98 Å². The maximum Gasteiger partial charge on any atom is 0.417 e. The summed E-state index contributed by atoms with van der Waals surface area (Å²) in [4.78, 5) is 3.73. The molecule has 2 rings (SSSR count). The zero-order valence-corrected chi connectivity index (χ0v) is 9.31. The van der Waals surface area contributed by atoms with Gasteiger partial charge in [-0.15, -0.1) is 0 Å². The fourth-order valence-electron chi connectivity index (χ4n) is 1.62. The van der Waals surface area contributed by atoms with Gasteiger partial charge in [0.1, 0.15) is 6.07 Å². The Bertz CT molecular complexity index is 701. The van der Waals surface area contributed by atoms with Gasteiger partial charge in [0.25, 0.3) is 0 Å². The Morgan fingerprint density at radius 2 is 1.89 bits per heavy atom. The highest BCUT2D eigenvalue weighted by molar-refractivity contribution is 5.48. The zero-order valence-electron chi connectivity index (χ0n) is 9.31. The fourth-order valence-corrected chi connectivity index (χ4v) is 1.62. The third-order valence-electron chi connectivity index (χ3n) is 2.45. The van der Waals surface area contributed by atoms with Crippen molar-refractivity contribution < 1.29 is 13.2 Å². The first-order chi connectivity index (χ1) is 8.97. The standard InChI is InChI=1S/C12H5F3N4/c13-12(14,15)10-2-1-9(5-8(10)6-16)19-4-3-18-11(19)7-17/h1-5H. The lowest BCUT2D eigenvalue weighted by atomic mass is 10.1. The van der Waals surface area contributed by atoms with Crippen LogP contribution in [0, 0.1) is 22.7 Å². The number of nitriles is 2. The minimum absolute atomic E-state index is 0.0312. The van der Waals surface area contributed by atoms with Crippen LogP contribution in [0.3, 0.4) is 0 Å². The van der Waals surface area contributed by atoms with Crippen LogP contribution in [0.4, 0.5) is 13.2 Å². The Kier molecular flexibility index (Phi) is 2.97. The first-order valence-corrected chi connectivity index (χ1v) is 5.02. The Balaban J connectivity index is 2.59. The van der Waals surface area contributed by atoms with Crippen molar-refractivity contribution in [3.05, 3.63) is 47.5 Å². The third kappa shape index (κ3) is 2.26. The number of aromatic nitrogens is 2. The van der Waals surface area contributed by atoms with Gasteiger partial charge in [-0.2, -0.15) is 23.7 Å². The van der Waals surface area contributed by atoms with Crippen LogP contribution >= 0.6 is 0 Å². The minimum atomic E-state index is -4.59. The second kappa shape index (κ2) is 4.46. The second-order valence-electron chi connectivity index (χ2n) is 3.57. The molecule has 0 fully saturated rings. The normalized spacial score (nSPS) is 10.8. The van der Waals surface area contributed by atoms with Crippen molar-refractivity contribution in [1.29, 1.82) is 10.5 Å². The van der Waals surface area contributed by atoms with Gasteiger partial charge in [0.05, 0.1) is 17.2 Å². The maximum atomic E-state index is 12.6. The molecule has 0 bridgehead atoms. The van der Waals surface area contributed by atoms with Crippen LogP contribution in [-0.4, -0.2) is 9.55 Å². The summed E-state index contributed by atoms with van der Waals surface area (Å²) in [5, 5.41) is 17.6. The molecule has 19 heavy (non-hydrogen) atoms. The van der Waals surface area contributed by atoms with E-state index >= 15 is 0 Å². The predicted molar refractivity (Wildman–Crippen MR) is 58.0 cm³/mol. The van der Waals surface area contributed by atoms with Crippen molar-refractivity contribution in [3.63, 3.8) is 0 Å². The van der Waals surface area contributed by atoms with E-state index in [4.69, 9.17) is 10.5 Å². The van der Waals surface area contributed by atoms with E-state index in [0.29, 0.717) is 0 Å². The van der Waals surface area contributed by atoms with E-state index < -0.39 is 17.3 Å². The molecule has 0 radical (unpaired) electrons. The average Bonchev–Trinajstić information content (AvgIpc) is 2.85. The van der Waals surface area contributed by atoms with E-state index in [9.17, 15) is 13.2 Å². The smallest absolute Gasteiger partial charge is 0.291 e. The van der Waals surface area contributed by atoms with Crippen LogP contribution < -0.4 is 0 Å². The van der Waals surface area contributed by atoms with Crippen molar-refractivity contribution in [1.82, 2.24) is 9.55 Å². The van der Waals surface area contributed by atoms with E-state index in [1.54, 1.807) is 6.07 Å². The number of hydrogen-bond donors (Lipinski definition) is 0. The number of hydrogen-bond acceptors (Lipinski definition) is 3. The molecule has 0 N–H and O–H groups in total. The van der Waals surface area contributed by atoms with Gasteiger partial charge in [-0.1, -0.05) is 0 Å². The van der Waals surface area contributed by atoms with E-state index in [-0.39, 0.29) is 11.5 Å². The van der Waals surface area contributed by atoms with Crippen molar-refractivity contribution in [2.75, 3.05) is 0 Å². The molecule has 94 valence electrons. The van der Waals surface area contributed by atoms with Crippen LogP contribution in [0.25, 0.3) is 5.69 Å². The van der Waals surface area contributed by atoms with E-state index in [0.717, 1.165) is 12.1 Å². The molecule has 0 aliphatic rings. The quantitative estimate of drug-likeness (QED) is 0.793. The molecule has 1 aromatic carbocycles. The Labute approximate surface area is 106 Å². The Hall–Kier alpha value is -2.80. The van der Waals surface area contributed by atoms with Gasteiger partial charge in [0.2, 0.25) is 5.82 Å². The molecule has 0 aliphatic heterocycles. The summed E-state index contributed by atoms with van der Waals surface area (Å²) in [5.41, 5.74) is -1.22. The molecule has 0 atom stereocenters. The molecule has 0 unspecified atom stereocenters. The van der Waals surface area contributed by atoms with Gasteiger partial charge in [-0.25, -0.2) is 4.98 Å². The number of alkyl halides is 3. The van der Waals surface area contributed by atoms with Gasteiger partial charge >= 0.3 is 6.18 Å². The van der Waals surface area contributed by atoms with Crippen molar-refractivity contribution in [2.24, 2.45) is 0 Å². The largest absolute Gasteiger partial charge is 0.417 e. The molecule has 1 aromatic heterocycles. The van der Waals surface area contributed by atoms with E-state index in [1.807, 2.05) is 0 Å². The van der Waals surface area contributed by atoms with Gasteiger partial charge in [-0.3, -0.25) is 4.57 Å². The highest BCUT2D eigenvalue weighted by Gasteiger charge is 2.33. The summed E-state index contributed by atoms with van der Waals surface area (Å²) < 4.78 is 39.2. The second-order valence-corrected chi connectivity index (χ2v) is 3.57. The molecule has 0 aliphatic carbocycles. The lowest BCUT2D eigenvalue weighted by Crippen LogP contribution is -2.08. The molecule has 0 saturated carbocycles. The number of halogens is 3. The number of nitrogens with zero attached hydrogens (tertiary/aromatic N) is 4. The lowest BCUT2D eigenvalue weighted by Gasteiger charge is -2.10. The van der Waals surface area contributed by atoms with Gasteiger partial charge < -0.3 is 0 Å². The van der Waals surface area contributed by atoms with Crippen LogP contribution in [0.2, 0.25) is 0 Å². The molecule has 7 heteroatoms. The highest BCUT2D eigenvalue weighted by Crippen LogP contribution is 2.32. The molecular weight excluding hydrogens is 257 g/mol. The van der Waals surface area contributed by atoms with Gasteiger partial charge in [0, 0.05) is 18.1 Å². The van der Waals surface area contributed by atoms with Gasteiger partial charge in [0.15, 0.2) is 0 Å². The topological polar surface area (TPSA) is 65.4 Å². The number of imidazole rings is 1. The van der Waals surface area contributed by atoms with Crippen LogP contribution in [0.1, 0.15) is 17.0 Å². The summed E-state index contributed by atoms with van der Waals surface area (Å²) >= 11 is 0. The molecule has 1 heterocycles. The van der Waals surface area contributed by atoms with Gasteiger partial charge in [-0.05, 0) is 18.2 Å². The Morgan fingerprint density at radius 3 is 2.47 bits per heavy atom. The number of benzene rings is 1. The van der Waals surface area contributed by atoms with Crippen LogP contribution in [0.15, 0.2) is 30.6 Å². The molecular formula is C12H5F3N4. The van der Waals surface area contributed by atoms with Crippen molar-refractivity contribution in [2.45, 2.75) is 6.18 Å². The average molecular weight is 262 g/mol. The summed E-state index contributed by atoms with van der Waals surface area (Å²) in [6, 6.07) is 6.38. The monoisotopic (exact) mass is 262 g/mol. The first kappa shape index (κ1) is 12.7. The van der Waals surface area contributed by atoms with Crippen LogP contribution in [-0.2, 0) is 6.18 Å². The molecule has 0 spiro atoms. The molecule has 0 saturated heterocycles. The van der Waals surface area contributed by atoms with Crippen LogP contribution in [0.5, 0.6) is 0 Å². The van der Waals surface area contributed by atoms with Crippen molar-refractivity contribution >= 4 is 0 Å². The lowest BCUT2D eigenvalue weighted by molar-refractivity contribution is -0.137. The fraction of sp³-hybridized carbons (Fsp3) is 0.0833. The summed E-state index contributed by atoms with van der Waals surface area (Å²) in [7, 11) is 0. The molecule has 2 aromatic rings. The molecule has 0 amide bonds. The highest BCUT2D eigenvalue weighted by atomic mass is 19.4. The minimum Gasteiger partial charge on any atom is -0.291 e. The summed E-state index contributed by atoms with van der Waals surface area (Å²) in [5.74, 6) is 0.0312. The third-order valence-corrected chi connectivity index (χ3v) is 2.45. The summed E-state index contributed by atoms with van der Waals surface area (Å²) in [6.45, 7) is 0. The molecule has 4 nitrogen and oxygen atoms in total. The predicted octanol–water partition coefficient (Wildman–Crippen LogP) is 2.63. The Morgan fingerprint density at radius 1 is 1.16 bits per heavy atom. The SMILES string of the molecule is N#Cc1cc(-n2ccnc2C#N)ccc1C(F)(F)F. The number of rotatable bonds is 1. The summed E-state index contributed by atoms with van der Waals surface area (Å²) in [6.07, 6.45) is -1.80. The first-order valence-electron chi connectivity index (χ1n) is 5.02. The van der Waals surface area contributed by atoms with E-state index in [1.165, 1.54) is 29.1 Å². The maximum absolute atomic E-state index is 12.6. The van der Waals surface area contributed by atoms with Crippen molar-refractivity contribution in [3.8, 4) is 17.8 Å².